The topological polar surface area (TPSA) is 122 Å². The highest BCUT2D eigenvalue weighted by Gasteiger charge is 2.13. The lowest BCUT2D eigenvalue weighted by Crippen LogP contribution is -2.17. The van der Waals surface area contributed by atoms with Gasteiger partial charge in [0.15, 0.2) is 0 Å². The Morgan fingerprint density at radius 1 is 1.10 bits per heavy atom. The number of primary amides is 1. The molecule has 0 saturated carbocycles. The first-order valence-electron chi connectivity index (χ1n) is 9.26. The SMILES string of the molecule is CCC(=O)Nc1cccc(Nc2ncc(C(N)=O)c(NCc3cccc(F)c3)n2)c1. The molecule has 8 nitrogen and oxygen atoms in total. The molecule has 1 heterocycles. The third-order valence-electron chi connectivity index (χ3n) is 4.13. The van der Waals surface area contributed by atoms with Crippen LogP contribution in [-0.2, 0) is 11.3 Å². The quantitative estimate of drug-likeness (QED) is 0.453. The first-order valence-corrected chi connectivity index (χ1v) is 9.26. The van der Waals surface area contributed by atoms with Gasteiger partial charge < -0.3 is 21.7 Å². The Morgan fingerprint density at radius 3 is 2.60 bits per heavy atom. The van der Waals surface area contributed by atoms with Gasteiger partial charge in [-0.3, -0.25) is 9.59 Å². The van der Waals surface area contributed by atoms with Crippen LogP contribution in [0, 0.1) is 5.82 Å². The van der Waals surface area contributed by atoms with Gasteiger partial charge in [-0.15, -0.1) is 0 Å². The molecule has 1 aromatic heterocycles. The van der Waals surface area contributed by atoms with E-state index in [2.05, 4.69) is 25.9 Å². The molecule has 2 amide bonds. The fourth-order valence-electron chi connectivity index (χ4n) is 2.64. The number of aromatic nitrogens is 2. The minimum Gasteiger partial charge on any atom is -0.365 e. The molecule has 30 heavy (non-hydrogen) atoms. The molecule has 0 atom stereocenters. The number of amides is 2. The molecule has 3 aromatic rings. The second-order valence-electron chi connectivity index (χ2n) is 6.41. The molecule has 0 bridgehead atoms. The summed E-state index contributed by atoms with van der Waals surface area (Å²) in [6.07, 6.45) is 1.68. The molecule has 0 radical (unpaired) electrons. The van der Waals surface area contributed by atoms with Crippen molar-refractivity contribution in [3.8, 4) is 0 Å². The average molecular weight is 408 g/mol. The highest BCUT2D eigenvalue weighted by Crippen LogP contribution is 2.21. The maximum Gasteiger partial charge on any atom is 0.254 e. The van der Waals surface area contributed by atoms with Crippen molar-refractivity contribution >= 4 is 35.0 Å². The standard InChI is InChI=1S/C21H21FN6O2/c1-2-18(29)26-15-7-4-8-16(10-15)27-21-25-12-17(19(23)30)20(28-21)24-11-13-5-3-6-14(22)9-13/h3-10,12H,2,11H2,1H3,(H2,23,30)(H,26,29)(H2,24,25,27,28). The second-order valence-corrected chi connectivity index (χ2v) is 6.41. The highest BCUT2D eigenvalue weighted by molar-refractivity contribution is 5.97. The van der Waals surface area contributed by atoms with Gasteiger partial charge in [-0.2, -0.15) is 4.98 Å². The van der Waals surface area contributed by atoms with E-state index in [1.54, 1.807) is 43.3 Å². The van der Waals surface area contributed by atoms with E-state index < -0.39 is 5.91 Å². The van der Waals surface area contributed by atoms with E-state index in [9.17, 15) is 14.0 Å². The van der Waals surface area contributed by atoms with Gasteiger partial charge in [-0.25, -0.2) is 9.37 Å². The van der Waals surface area contributed by atoms with E-state index >= 15 is 0 Å². The molecular weight excluding hydrogens is 387 g/mol. The summed E-state index contributed by atoms with van der Waals surface area (Å²) in [5, 5.41) is 8.79. The fraction of sp³-hybridized carbons (Fsp3) is 0.143. The molecule has 2 aromatic carbocycles. The van der Waals surface area contributed by atoms with Crippen LogP contribution in [0.1, 0.15) is 29.3 Å². The number of halogens is 1. The first-order chi connectivity index (χ1) is 14.4. The van der Waals surface area contributed by atoms with Gasteiger partial charge in [0, 0.05) is 30.5 Å². The van der Waals surface area contributed by atoms with Gasteiger partial charge in [-0.05, 0) is 35.9 Å². The molecule has 0 aliphatic carbocycles. The van der Waals surface area contributed by atoms with E-state index in [0.29, 0.717) is 23.4 Å². The minimum absolute atomic E-state index is 0.0990. The molecule has 0 aliphatic heterocycles. The Kier molecular flexibility index (Phi) is 6.53. The highest BCUT2D eigenvalue weighted by atomic mass is 19.1. The molecule has 0 spiro atoms. The maximum absolute atomic E-state index is 13.4. The number of benzene rings is 2. The van der Waals surface area contributed by atoms with Crippen molar-refractivity contribution in [2.45, 2.75) is 19.9 Å². The number of rotatable bonds is 8. The smallest absolute Gasteiger partial charge is 0.254 e. The number of nitrogens with two attached hydrogens (primary N) is 1. The molecule has 5 N–H and O–H groups in total. The predicted octanol–water partition coefficient (Wildman–Crippen LogP) is 3.42. The summed E-state index contributed by atoms with van der Waals surface area (Å²) in [4.78, 5) is 31.7. The Hall–Kier alpha value is -4.01. The van der Waals surface area contributed by atoms with Crippen molar-refractivity contribution in [2.24, 2.45) is 5.73 Å². The van der Waals surface area contributed by atoms with Crippen LogP contribution in [0.5, 0.6) is 0 Å². The Bertz CT molecular complexity index is 1070. The van der Waals surface area contributed by atoms with E-state index in [4.69, 9.17) is 5.73 Å². The number of nitrogens with one attached hydrogen (secondary N) is 3. The van der Waals surface area contributed by atoms with Crippen LogP contribution in [0.3, 0.4) is 0 Å². The van der Waals surface area contributed by atoms with Crippen LogP contribution in [0.2, 0.25) is 0 Å². The van der Waals surface area contributed by atoms with Gasteiger partial charge in [0.1, 0.15) is 11.6 Å². The van der Waals surface area contributed by atoms with Crippen LogP contribution in [0.15, 0.2) is 54.7 Å². The lowest BCUT2D eigenvalue weighted by atomic mass is 10.2. The fourth-order valence-corrected chi connectivity index (χ4v) is 2.64. The number of hydrogen-bond donors (Lipinski definition) is 4. The minimum atomic E-state index is -0.687. The van der Waals surface area contributed by atoms with E-state index in [0.717, 1.165) is 0 Å². The van der Waals surface area contributed by atoms with Gasteiger partial charge in [0.25, 0.3) is 5.91 Å². The van der Waals surface area contributed by atoms with E-state index in [-0.39, 0.29) is 35.6 Å². The monoisotopic (exact) mass is 408 g/mol. The van der Waals surface area contributed by atoms with Crippen molar-refractivity contribution in [1.82, 2.24) is 9.97 Å². The normalized spacial score (nSPS) is 10.3. The van der Waals surface area contributed by atoms with Gasteiger partial charge in [-0.1, -0.05) is 25.1 Å². The second kappa shape index (κ2) is 9.46. The lowest BCUT2D eigenvalue weighted by Gasteiger charge is -2.12. The number of hydrogen-bond acceptors (Lipinski definition) is 6. The number of anilines is 4. The largest absolute Gasteiger partial charge is 0.365 e. The van der Waals surface area contributed by atoms with Crippen LogP contribution in [-0.4, -0.2) is 21.8 Å². The first kappa shape index (κ1) is 20.7. The molecule has 0 saturated heterocycles. The number of nitrogens with zero attached hydrogens (tertiary/aromatic N) is 2. The Balaban J connectivity index is 1.79. The summed E-state index contributed by atoms with van der Waals surface area (Å²) in [5.74, 6) is -0.699. The summed E-state index contributed by atoms with van der Waals surface area (Å²) in [5.41, 5.74) is 7.48. The zero-order valence-electron chi connectivity index (χ0n) is 16.3. The van der Waals surface area contributed by atoms with Gasteiger partial charge >= 0.3 is 0 Å². The van der Waals surface area contributed by atoms with Crippen LogP contribution < -0.4 is 21.7 Å². The maximum atomic E-state index is 13.4. The number of carbonyl (C=O) groups excluding carboxylic acids is 2. The van der Waals surface area contributed by atoms with Crippen molar-refractivity contribution in [3.63, 3.8) is 0 Å². The average Bonchev–Trinajstić information content (AvgIpc) is 2.72. The van der Waals surface area contributed by atoms with Crippen LogP contribution in [0.25, 0.3) is 0 Å². The molecule has 0 fully saturated rings. The summed E-state index contributed by atoms with van der Waals surface area (Å²) in [6, 6.07) is 13.1. The summed E-state index contributed by atoms with van der Waals surface area (Å²) >= 11 is 0. The number of carbonyl (C=O) groups is 2. The third-order valence-corrected chi connectivity index (χ3v) is 4.13. The van der Waals surface area contributed by atoms with Gasteiger partial charge in [0.05, 0.1) is 5.56 Å². The Labute approximate surface area is 172 Å². The molecular formula is C21H21FN6O2. The van der Waals surface area contributed by atoms with Crippen molar-refractivity contribution in [2.75, 3.05) is 16.0 Å². The summed E-state index contributed by atoms with van der Waals surface area (Å²) in [7, 11) is 0. The summed E-state index contributed by atoms with van der Waals surface area (Å²) < 4.78 is 13.4. The van der Waals surface area contributed by atoms with E-state index in [1.165, 1.54) is 18.3 Å². The van der Waals surface area contributed by atoms with Crippen molar-refractivity contribution < 1.29 is 14.0 Å². The summed E-state index contributed by atoms with van der Waals surface area (Å²) in [6.45, 7) is 2.01. The lowest BCUT2D eigenvalue weighted by molar-refractivity contribution is -0.115. The molecule has 9 heteroatoms. The predicted molar refractivity (Wildman–Crippen MR) is 113 cm³/mol. The molecule has 0 unspecified atom stereocenters. The molecule has 3 rings (SSSR count). The van der Waals surface area contributed by atoms with Gasteiger partial charge in [0.2, 0.25) is 11.9 Å². The van der Waals surface area contributed by atoms with E-state index in [1.807, 2.05) is 0 Å². The third kappa shape index (κ3) is 5.51. The Morgan fingerprint density at radius 2 is 1.87 bits per heavy atom. The zero-order valence-corrected chi connectivity index (χ0v) is 16.3. The van der Waals surface area contributed by atoms with Crippen molar-refractivity contribution in [1.29, 1.82) is 0 Å². The zero-order chi connectivity index (χ0) is 21.5. The van der Waals surface area contributed by atoms with Crippen molar-refractivity contribution in [3.05, 3.63) is 71.7 Å². The van der Waals surface area contributed by atoms with Crippen LogP contribution >= 0.6 is 0 Å². The molecule has 0 aliphatic rings. The molecule has 154 valence electrons. The van der Waals surface area contributed by atoms with Crippen LogP contribution in [0.4, 0.5) is 27.5 Å².